The van der Waals surface area contributed by atoms with Crippen LogP contribution in [0.4, 0.5) is 10.6 Å². The molecule has 3 N–H and O–H groups in total. The second-order valence-electron chi connectivity index (χ2n) is 10.3. The van der Waals surface area contributed by atoms with Crippen molar-refractivity contribution in [1.29, 1.82) is 5.26 Å². The first kappa shape index (κ1) is 26.3. The van der Waals surface area contributed by atoms with Crippen molar-refractivity contribution in [2.24, 2.45) is 5.92 Å². The number of carbonyl (C=O) groups is 3. The SMILES string of the molecule is COc1cc(O)c(C=O)c(OCC(=O)Nc2cc([C@H]3CC[C@@H](OC(=O)N4[C@@H]5CC[C@H]4CC(C#N)C5)C3)[nH]n2)c1. The summed E-state index contributed by atoms with van der Waals surface area (Å²) in [6.45, 7) is -0.412. The van der Waals surface area contributed by atoms with E-state index in [0.29, 0.717) is 18.5 Å². The second-order valence-corrected chi connectivity index (χ2v) is 10.3. The molecule has 1 saturated carbocycles. The number of phenolic OH excluding ortho intramolecular Hbond substituents is 1. The summed E-state index contributed by atoms with van der Waals surface area (Å²) in [7, 11) is 1.40. The smallest absolute Gasteiger partial charge is 0.410 e. The molecule has 2 bridgehead atoms. The molecule has 5 rings (SSSR count). The lowest BCUT2D eigenvalue weighted by atomic mass is 9.92. The fraction of sp³-hybridized carbons (Fsp3) is 0.519. The lowest BCUT2D eigenvalue weighted by molar-refractivity contribution is -0.118. The van der Waals surface area contributed by atoms with Crippen molar-refractivity contribution in [3.05, 3.63) is 29.5 Å². The Morgan fingerprint density at radius 2 is 1.97 bits per heavy atom. The molecular formula is C27H31N5O7. The Morgan fingerprint density at radius 3 is 2.67 bits per heavy atom. The van der Waals surface area contributed by atoms with Crippen LogP contribution in [0, 0.1) is 17.2 Å². The van der Waals surface area contributed by atoms with Crippen LogP contribution in [0.15, 0.2) is 18.2 Å². The van der Waals surface area contributed by atoms with Gasteiger partial charge in [-0.25, -0.2) is 4.79 Å². The van der Waals surface area contributed by atoms with E-state index in [1.54, 1.807) is 6.07 Å². The maximum Gasteiger partial charge on any atom is 0.410 e. The van der Waals surface area contributed by atoms with Crippen molar-refractivity contribution in [1.82, 2.24) is 15.1 Å². The van der Waals surface area contributed by atoms with E-state index in [-0.39, 0.29) is 58.9 Å². The summed E-state index contributed by atoms with van der Waals surface area (Å²) in [6, 6.07) is 6.98. The van der Waals surface area contributed by atoms with E-state index in [1.165, 1.54) is 19.2 Å². The van der Waals surface area contributed by atoms with Gasteiger partial charge in [-0.2, -0.15) is 10.4 Å². The molecule has 2 aliphatic heterocycles. The summed E-state index contributed by atoms with van der Waals surface area (Å²) in [5.74, 6) is -0.0645. The number of methoxy groups -OCH3 is 1. The number of rotatable bonds is 8. The van der Waals surface area contributed by atoms with E-state index >= 15 is 0 Å². The van der Waals surface area contributed by atoms with Crippen LogP contribution < -0.4 is 14.8 Å². The number of nitrogens with zero attached hydrogens (tertiary/aromatic N) is 3. The molecule has 3 aliphatic rings. The van der Waals surface area contributed by atoms with E-state index in [0.717, 1.165) is 44.2 Å². The van der Waals surface area contributed by atoms with Crippen LogP contribution in [-0.4, -0.2) is 70.4 Å². The lowest BCUT2D eigenvalue weighted by Gasteiger charge is -2.36. The Morgan fingerprint density at radius 1 is 1.21 bits per heavy atom. The molecule has 1 unspecified atom stereocenters. The van der Waals surface area contributed by atoms with Crippen molar-refractivity contribution >= 4 is 24.1 Å². The number of H-pyrrole nitrogens is 1. The number of hydrogen-bond donors (Lipinski definition) is 3. The predicted molar refractivity (Wildman–Crippen MR) is 137 cm³/mol. The van der Waals surface area contributed by atoms with Gasteiger partial charge in [-0.05, 0) is 44.9 Å². The highest BCUT2D eigenvalue weighted by Gasteiger charge is 2.45. The Balaban J connectivity index is 1.11. The molecule has 1 aliphatic carbocycles. The number of nitrogens with one attached hydrogen (secondary N) is 2. The van der Waals surface area contributed by atoms with Crippen LogP contribution in [0.25, 0.3) is 0 Å². The first-order valence-corrected chi connectivity index (χ1v) is 13.1. The largest absolute Gasteiger partial charge is 0.507 e. The minimum Gasteiger partial charge on any atom is -0.507 e. The number of aromatic hydroxyl groups is 1. The lowest BCUT2D eigenvalue weighted by Crippen LogP contribution is -2.47. The highest BCUT2D eigenvalue weighted by atomic mass is 16.6. The topological polar surface area (TPSA) is 167 Å². The van der Waals surface area contributed by atoms with Crippen molar-refractivity contribution in [3.63, 3.8) is 0 Å². The van der Waals surface area contributed by atoms with E-state index in [1.807, 2.05) is 4.90 Å². The van der Waals surface area contributed by atoms with E-state index < -0.39 is 12.5 Å². The van der Waals surface area contributed by atoms with Crippen LogP contribution >= 0.6 is 0 Å². The number of carbonyl (C=O) groups excluding carboxylic acids is 3. The van der Waals surface area contributed by atoms with Gasteiger partial charge in [-0.1, -0.05) is 0 Å². The molecule has 3 fully saturated rings. The summed E-state index contributed by atoms with van der Waals surface area (Å²) in [5.41, 5.74) is 0.752. The molecule has 3 heterocycles. The molecule has 2 aromatic rings. The Hall–Kier alpha value is -4.27. The number of ether oxygens (including phenoxy) is 3. The van der Waals surface area contributed by atoms with Crippen LogP contribution in [0.1, 0.15) is 66.9 Å². The maximum absolute atomic E-state index is 12.9. The number of piperidine rings is 1. The zero-order chi connectivity index (χ0) is 27.5. The normalized spacial score (nSPS) is 25.5. The van der Waals surface area contributed by atoms with Gasteiger partial charge in [0.2, 0.25) is 0 Å². The molecule has 1 aromatic carbocycles. The summed E-state index contributed by atoms with van der Waals surface area (Å²) < 4.78 is 16.4. The van der Waals surface area contributed by atoms with Gasteiger partial charge >= 0.3 is 6.09 Å². The summed E-state index contributed by atoms with van der Waals surface area (Å²) in [5, 5.41) is 29.0. The molecular weight excluding hydrogens is 506 g/mol. The summed E-state index contributed by atoms with van der Waals surface area (Å²) >= 11 is 0. The number of anilines is 1. The fourth-order valence-corrected chi connectivity index (χ4v) is 5.99. The summed E-state index contributed by atoms with van der Waals surface area (Å²) in [4.78, 5) is 38.5. The molecule has 2 saturated heterocycles. The Labute approximate surface area is 225 Å². The number of aromatic amines is 1. The average Bonchev–Trinajstić information content (AvgIpc) is 3.65. The molecule has 0 radical (unpaired) electrons. The van der Waals surface area contributed by atoms with Crippen LogP contribution in [0.2, 0.25) is 0 Å². The molecule has 12 nitrogen and oxygen atoms in total. The minimum atomic E-state index is -0.500. The molecule has 2 amide bonds. The highest BCUT2D eigenvalue weighted by Crippen LogP contribution is 2.41. The number of amides is 2. The second kappa shape index (κ2) is 11.2. The molecule has 5 atom stereocenters. The third-order valence-corrected chi connectivity index (χ3v) is 7.89. The van der Waals surface area contributed by atoms with Gasteiger partial charge in [0.25, 0.3) is 5.91 Å². The van der Waals surface area contributed by atoms with Gasteiger partial charge in [0.15, 0.2) is 18.7 Å². The van der Waals surface area contributed by atoms with E-state index in [9.17, 15) is 24.8 Å². The molecule has 1 aromatic heterocycles. The Bertz CT molecular complexity index is 1270. The zero-order valence-electron chi connectivity index (χ0n) is 21.6. The number of aromatic nitrogens is 2. The third-order valence-electron chi connectivity index (χ3n) is 7.89. The van der Waals surface area contributed by atoms with Crippen molar-refractivity contribution in [2.45, 2.75) is 69.1 Å². The van der Waals surface area contributed by atoms with Crippen molar-refractivity contribution in [2.75, 3.05) is 19.0 Å². The number of phenols is 1. The fourth-order valence-electron chi connectivity index (χ4n) is 5.99. The first-order chi connectivity index (χ1) is 18.9. The van der Waals surface area contributed by atoms with E-state index in [2.05, 4.69) is 21.6 Å². The van der Waals surface area contributed by atoms with Gasteiger partial charge in [0, 0.05) is 41.9 Å². The number of nitriles is 1. The molecule has 12 heteroatoms. The standard InChI is InChI=1S/C27H31N5O7/c1-37-20-9-23(34)21(13-33)24(10-20)38-14-26(35)29-25-11-22(30-31-25)16-2-5-19(8-16)39-27(36)32-17-3-4-18(32)7-15(6-17)12-28/h9-11,13,15-19,34H,2-8,14H2,1H3,(H2,29,30,31,35)/t15?,16-,17-,18+,19+/m0/s1. The van der Waals surface area contributed by atoms with Crippen LogP contribution in [0.5, 0.6) is 17.2 Å². The zero-order valence-corrected chi connectivity index (χ0v) is 21.6. The number of fused-ring (bicyclic) bond motifs is 2. The van der Waals surface area contributed by atoms with Crippen molar-refractivity contribution in [3.8, 4) is 23.3 Å². The number of benzene rings is 1. The number of aldehydes is 1. The van der Waals surface area contributed by atoms with Gasteiger partial charge in [-0.3, -0.25) is 14.7 Å². The van der Waals surface area contributed by atoms with Crippen LogP contribution in [-0.2, 0) is 9.53 Å². The van der Waals surface area contributed by atoms with Crippen molar-refractivity contribution < 1.29 is 33.7 Å². The van der Waals surface area contributed by atoms with Gasteiger partial charge in [0.05, 0.1) is 24.7 Å². The minimum absolute atomic E-state index is 0.0214. The van der Waals surface area contributed by atoms with Gasteiger partial charge < -0.3 is 29.5 Å². The first-order valence-electron chi connectivity index (χ1n) is 13.1. The van der Waals surface area contributed by atoms with Crippen LogP contribution in [0.3, 0.4) is 0 Å². The molecule has 206 valence electrons. The predicted octanol–water partition coefficient (Wildman–Crippen LogP) is 3.49. The maximum atomic E-state index is 12.9. The monoisotopic (exact) mass is 537 g/mol. The van der Waals surface area contributed by atoms with Gasteiger partial charge in [0.1, 0.15) is 23.4 Å². The van der Waals surface area contributed by atoms with Gasteiger partial charge in [-0.15, -0.1) is 0 Å². The highest BCUT2D eigenvalue weighted by molar-refractivity contribution is 5.91. The Kier molecular flexibility index (Phi) is 7.58. The average molecular weight is 538 g/mol. The molecule has 0 spiro atoms. The van der Waals surface area contributed by atoms with E-state index in [4.69, 9.17) is 14.2 Å². The number of hydrogen-bond acceptors (Lipinski definition) is 9. The summed E-state index contributed by atoms with van der Waals surface area (Å²) in [6.07, 6.45) is 5.48. The third kappa shape index (κ3) is 5.62. The quantitative estimate of drug-likeness (QED) is 0.427. The molecule has 39 heavy (non-hydrogen) atoms.